The normalized spacial score (nSPS) is 21.2. The van der Waals surface area contributed by atoms with Crippen LogP contribution in [0.2, 0.25) is 0 Å². The zero-order valence-corrected chi connectivity index (χ0v) is 11.8. The van der Waals surface area contributed by atoms with Crippen molar-refractivity contribution in [3.05, 3.63) is 0 Å². The molecular weight excluding hydrogens is 244 g/mol. The first kappa shape index (κ1) is 16.0. The van der Waals surface area contributed by atoms with Crippen LogP contribution in [0.4, 0.5) is 0 Å². The smallest absolute Gasteiger partial charge is 0.303 e. The van der Waals surface area contributed by atoms with E-state index in [1.54, 1.807) is 0 Å². The molecule has 110 valence electrons. The molecule has 1 rings (SSSR count). The second-order valence-corrected chi connectivity index (χ2v) is 5.45. The number of carboxylic acid groups (broad SMARTS) is 1. The van der Waals surface area contributed by atoms with Crippen molar-refractivity contribution in [3.8, 4) is 0 Å². The lowest BCUT2D eigenvalue weighted by Crippen LogP contribution is -2.46. The maximum absolute atomic E-state index is 12.4. The first-order chi connectivity index (χ1) is 9.06. The van der Waals surface area contributed by atoms with Gasteiger partial charge >= 0.3 is 5.97 Å². The molecule has 2 atom stereocenters. The van der Waals surface area contributed by atoms with Crippen LogP contribution in [0.3, 0.4) is 0 Å². The van der Waals surface area contributed by atoms with E-state index in [0.29, 0.717) is 13.0 Å². The minimum atomic E-state index is -0.783. The van der Waals surface area contributed by atoms with Crippen LogP contribution in [0.5, 0.6) is 0 Å². The fourth-order valence-electron chi connectivity index (χ4n) is 2.71. The molecule has 0 saturated carbocycles. The summed E-state index contributed by atoms with van der Waals surface area (Å²) in [6, 6.07) is 0.109. The summed E-state index contributed by atoms with van der Waals surface area (Å²) in [5.41, 5.74) is 5.47. The lowest BCUT2D eigenvalue weighted by atomic mass is 9.95. The van der Waals surface area contributed by atoms with Crippen LogP contribution in [0.15, 0.2) is 0 Å². The summed E-state index contributed by atoms with van der Waals surface area (Å²) in [5, 5.41) is 8.78. The van der Waals surface area contributed by atoms with Crippen molar-refractivity contribution in [2.24, 2.45) is 11.7 Å². The van der Waals surface area contributed by atoms with Gasteiger partial charge in [-0.15, -0.1) is 0 Å². The zero-order valence-electron chi connectivity index (χ0n) is 11.8. The molecular formula is C14H26N2O3. The molecule has 1 aliphatic rings. The van der Waals surface area contributed by atoms with Crippen molar-refractivity contribution in [3.63, 3.8) is 0 Å². The van der Waals surface area contributed by atoms with Gasteiger partial charge in [0.05, 0.1) is 0 Å². The highest BCUT2D eigenvalue weighted by Crippen LogP contribution is 2.23. The molecule has 1 fully saturated rings. The monoisotopic (exact) mass is 270 g/mol. The van der Waals surface area contributed by atoms with Crippen LogP contribution in [-0.2, 0) is 9.59 Å². The van der Waals surface area contributed by atoms with Crippen LogP contribution in [-0.4, -0.2) is 41.0 Å². The SMILES string of the molecule is CC(CCCN)C(=O)N1CCCCC1CCC(=O)O. The second kappa shape index (κ2) is 8.15. The highest BCUT2D eigenvalue weighted by atomic mass is 16.4. The summed E-state index contributed by atoms with van der Waals surface area (Å²) in [6.07, 6.45) is 5.45. The number of hydrogen-bond donors (Lipinski definition) is 2. The molecule has 1 heterocycles. The quantitative estimate of drug-likeness (QED) is 0.736. The van der Waals surface area contributed by atoms with Gasteiger partial charge in [0.2, 0.25) is 5.91 Å². The van der Waals surface area contributed by atoms with Crippen molar-refractivity contribution >= 4 is 11.9 Å². The number of carbonyl (C=O) groups is 2. The molecule has 0 spiro atoms. The summed E-state index contributed by atoms with van der Waals surface area (Å²) >= 11 is 0. The molecule has 0 aromatic heterocycles. The van der Waals surface area contributed by atoms with Crippen LogP contribution < -0.4 is 5.73 Å². The molecule has 1 amide bonds. The summed E-state index contributed by atoms with van der Waals surface area (Å²) in [6.45, 7) is 3.33. The van der Waals surface area contributed by atoms with Crippen molar-refractivity contribution in [1.82, 2.24) is 4.90 Å². The lowest BCUT2D eigenvalue weighted by Gasteiger charge is -2.37. The van der Waals surface area contributed by atoms with Crippen LogP contribution >= 0.6 is 0 Å². The summed E-state index contributed by atoms with van der Waals surface area (Å²) < 4.78 is 0. The number of piperidine rings is 1. The number of amides is 1. The molecule has 0 aliphatic carbocycles. The predicted molar refractivity (Wildman–Crippen MR) is 73.7 cm³/mol. The first-order valence-electron chi connectivity index (χ1n) is 7.28. The van der Waals surface area contributed by atoms with E-state index in [9.17, 15) is 9.59 Å². The topological polar surface area (TPSA) is 83.6 Å². The molecule has 0 radical (unpaired) electrons. The number of likely N-dealkylation sites (tertiary alicyclic amines) is 1. The molecule has 5 nitrogen and oxygen atoms in total. The molecule has 1 aliphatic heterocycles. The Morgan fingerprint density at radius 1 is 1.42 bits per heavy atom. The third-order valence-electron chi connectivity index (χ3n) is 3.86. The van der Waals surface area contributed by atoms with E-state index < -0.39 is 5.97 Å². The van der Waals surface area contributed by atoms with Gasteiger partial charge in [-0.2, -0.15) is 0 Å². The number of nitrogens with zero attached hydrogens (tertiary/aromatic N) is 1. The van der Waals surface area contributed by atoms with Gasteiger partial charge in [-0.3, -0.25) is 9.59 Å². The minimum Gasteiger partial charge on any atom is -0.481 e. The maximum Gasteiger partial charge on any atom is 0.303 e. The fraction of sp³-hybridized carbons (Fsp3) is 0.857. The lowest BCUT2D eigenvalue weighted by molar-refractivity contribution is -0.142. The van der Waals surface area contributed by atoms with Gasteiger partial charge in [0.1, 0.15) is 0 Å². The zero-order chi connectivity index (χ0) is 14.3. The number of hydrogen-bond acceptors (Lipinski definition) is 3. The van der Waals surface area contributed by atoms with Gasteiger partial charge in [0, 0.05) is 24.9 Å². The van der Waals surface area contributed by atoms with E-state index in [1.165, 1.54) is 0 Å². The standard InChI is InChI=1S/C14H26N2O3/c1-11(5-4-9-15)14(19)16-10-3-2-6-12(16)7-8-13(17)18/h11-12H,2-10,15H2,1H3,(H,17,18). The van der Waals surface area contributed by atoms with E-state index in [1.807, 2.05) is 11.8 Å². The van der Waals surface area contributed by atoms with Crippen molar-refractivity contribution in [2.75, 3.05) is 13.1 Å². The molecule has 0 bridgehead atoms. The number of carboxylic acids is 1. The van der Waals surface area contributed by atoms with E-state index in [2.05, 4.69) is 0 Å². The Hall–Kier alpha value is -1.10. The molecule has 0 aromatic rings. The van der Waals surface area contributed by atoms with Gasteiger partial charge < -0.3 is 15.7 Å². The van der Waals surface area contributed by atoms with E-state index in [-0.39, 0.29) is 24.3 Å². The number of rotatable bonds is 7. The van der Waals surface area contributed by atoms with Gasteiger partial charge in [0.25, 0.3) is 0 Å². The minimum absolute atomic E-state index is 0.00558. The Balaban J connectivity index is 2.54. The van der Waals surface area contributed by atoms with Gasteiger partial charge in [-0.25, -0.2) is 0 Å². The van der Waals surface area contributed by atoms with E-state index in [4.69, 9.17) is 10.8 Å². The Kier molecular flexibility index (Phi) is 6.84. The van der Waals surface area contributed by atoms with Crippen LogP contribution in [0.25, 0.3) is 0 Å². The van der Waals surface area contributed by atoms with Gasteiger partial charge in [-0.1, -0.05) is 6.92 Å². The van der Waals surface area contributed by atoms with Crippen molar-refractivity contribution < 1.29 is 14.7 Å². The summed E-state index contributed by atoms with van der Waals surface area (Å²) in [7, 11) is 0. The Morgan fingerprint density at radius 2 is 2.16 bits per heavy atom. The first-order valence-corrected chi connectivity index (χ1v) is 7.28. The van der Waals surface area contributed by atoms with E-state index >= 15 is 0 Å². The molecule has 3 N–H and O–H groups in total. The molecule has 5 heteroatoms. The molecule has 2 unspecified atom stereocenters. The fourth-order valence-corrected chi connectivity index (χ4v) is 2.71. The third-order valence-corrected chi connectivity index (χ3v) is 3.86. The Bertz CT molecular complexity index is 307. The third kappa shape index (κ3) is 5.19. The summed E-state index contributed by atoms with van der Waals surface area (Å²) in [4.78, 5) is 25.0. The van der Waals surface area contributed by atoms with Crippen molar-refractivity contribution in [2.45, 2.75) is 57.9 Å². The highest BCUT2D eigenvalue weighted by Gasteiger charge is 2.29. The maximum atomic E-state index is 12.4. The van der Waals surface area contributed by atoms with Crippen LogP contribution in [0.1, 0.15) is 51.9 Å². The largest absolute Gasteiger partial charge is 0.481 e. The Labute approximate surface area is 115 Å². The van der Waals surface area contributed by atoms with Crippen LogP contribution in [0, 0.1) is 5.92 Å². The van der Waals surface area contributed by atoms with Crippen molar-refractivity contribution in [1.29, 1.82) is 0 Å². The van der Waals surface area contributed by atoms with E-state index in [0.717, 1.165) is 38.6 Å². The van der Waals surface area contributed by atoms with Gasteiger partial charge in [0.15, 0.2) is 0 Å². The predicted octanol–water partition coefficient (Wildman–Crippen LogP) is 1.61. The number of nitrogens with two attached hydrogens (primary N) is 1. The summed E-state index contributed by atoms with van der Waals surface area (Å²) in [5.74, 6) is -0.619. The Morgan fingerprint density at radius 3 is 2.79 bits per heavy atom. The number of aliphatic carboxylic acids is 1. The molecule has 0 aromatic carbocycles. The van der Waals surface area contributed by atoms with Gasteiger partial charge in [-0.05, 0) is 45.1 Å². The number of carbonyl (C=O) groups excluding carboxylic acids is 1. The molecule has 19 heavy (non-hydrogen) atoms. The average Bonchev–Trinajstić information content (AvgIpc) is 2.42. The highest BCUT2D eigenvalue weighted by molar-refractivity contribution is 5.79. The average molecular weight is 270 g/mol. The second-order valence-electron chi connectivity index (χ2n) is 5.45. The molecule has 1 saturated heterocycles.